The van der Waals surface area contributed by atoms with Crippen molar-refractivity contribution in [2.45, 2.75) is 5.72 Å². The fourth-order valence-electron chi connectivity index (χ4n) is 1.29. The van der Waals surface area contributed by atoms with Gasteiger partial charge in [-0.3, -0.25) is 0 Å². The summed E-state index contributed by atoms with van der Waals surface area (Å²) in [6.07, 6.45) is 0. The Morgan fingerprint density at radius 1 is 1.43 bits per heavy atom. The van der Waals surface area contributed by atoms with E-state index in [9.17, 15) is 5.11 Å². The molecular formula is C10H11ClNOS+. The average Bonchev–Trinajstić information content (AvgIpc) is 2.63. The van der Waals surface area contributed by atoms with Crippen molar-refractivity contribution in [1.29, 1.82) is 0 Å². The number of halogens is 1. The van der Waals surface area contributed by atoms with E-state index in [2.05, 4.69) is 4.99 Å². The third-order valence-electron chi connectivity index (χ3n) is 2.06. The predicted molar refractivity (Wildman–Crippen MR) is 59.6 cm³/mol. The zero-order valence-corrected chi connectivity index (χ0v) is 9.11. The largest absolute Gasteiger partial charge is 0.333 e. The summed E-state index contributed by atoms with van der Waals surface area (Å²) in [6.45, 7) is 0. The topological polar surface area (TPSA) is 34.2 Å². The van der Waals surface area contributed by atoms with Crippen molar-refractivity contribution in [1.82, 2.24) is 0 Å². The van der Waals surface area contributed by atoms with Crippen LogP contribution in [-0.4, -0.2) is 27.5 Å². The highest BCUT2D eigenvalue weighted by molar-refractivity contribution is 8.14. The number of hydrogen-bond acceptors (Lipinski definition) is 2. The lowest BCUT2D eigenvalue weighted by molar-refractivity contribution is -0.591. The molecule has 0 saturated heterocycles. The molecule has 2 N–H and O–H groups in total. The summed E-state index contributed by atoms with van der Waals surface area (Å²) in [4.78, 5) is 3.04. The van der Waals surface area contributed by atoms with E-state index >= 15 is 0 Å². The first kappa shape index (κ1) is 10.0. The number of rotatable bonds is 2. The molecule has 0 spiro atoms. The molecule has 1 aliphatic rings. The molecule has 0 bridgehead atoms. The second-order valence-corrected chi connectivity index (χ2v) is 4.53. The molecule has 0 fully saturated rings. The van der Waals surface area contributed by atoms with Crippen LogP contribution in [-0.2, 0) is 0 Å². The maximum absolute atomic E-state index is 9.85. The van der Waals surface area contributed by atoms with E-state index in [0.717, 1.165) is 10.6 Å². The summed E-state index contributed by atoms with van der Waals surface area (Å²) in [5.41, 5.74) is 0.149. The van der Waals surface area contributed by atoms with Crippen molar-refractivity contribution in [3.05, 3.63) is 35.9 Å². The summed E-state index contributed by atoms with van der Waals surface area (Å²) in [6, 6.07) is 9.94. The molecule has 74 valence electrons. The van der Waals surface area contributed by atoms with Crippen molar-refractivity contribution >= 4 is 28.4 Å². The molecule has 4 heteroatoms. The number of thioether (sulfide) groups is 1. The van der Waals surface area contributed by atoms with Gasteiger partial charge in [0.25, 0.3) is 5.72 Å². The van der Waals surface area contributed by atoms with Gasteiger partial charge in [0.05, 0.1) is 11.3 Å². The van der Waals surface area contributed by atoms with Crippen LogP contribution in [0, 0.1) is 0 Å². The van der Waals surface area contributed by atoms with Gasteiger partial charge in [-0.1, -0.05) is 18.2 Å². The molecule has 0 aromatic heterocycles. The molecule has 0 saturated carbocycles. The second-order valence-electron chi connectivity index (χ2n) is 3.27. The highest BCUT2D eigenvalue weighted by Crippen LogP contribution is 2.18. The summed E-state index contributed by atoms with van der Waals surface area (Å²) >= 11 is 7.26. The maximum atomic E-state index is 9.85. The summed E-state index contributed by atoms with van der Waals surface area (Å²) in [5.74, 6) is 0.803. The van der Waals surface area contributed by atoms with Crippen LogP contribution in [0.15, 0.2) is 30.3 Å². The molecule has 0 aliphatic carbocycles. The molecule has 1 heterocycles. The molecule has 0 radical (unpaired) electrons. The van der Waals surface area contributed by atoms with Crippen LogP contribution in [0.2, 0.25) is 0 Å². The van der Waals surface area contributed by atoms with Crippen LogP contribution in [0.3, 0.4) is 0 Å². The molecule has 14 heavy (non-hydrogen) atoms. The smallest absolute Gasteiger partial charge is 0.287 e. The van der Waals surface area contributed by atoms with Crippen LogP contribution >= 0.6 is 23.4 Å². The van der Waals surface area contributed by atoms with E-state index in [-0.39, 0.29) is 5.88 Å². The Bertz CT molecular complexity index is 354. The second kappa shape index (κ2) is 3.93. The number of benzene rings is 1. The number of aliphatic hydroxyl groups is 1. The summed E-state index contributed by atoms with van der Waals surface area (Å²) in [7, 11) is 0. The van der Waals surface area contributed by atoms with E-state index in [1.165, 1.54) is 0 Å². The third kappa shape index (κ3) is 1.95. The molecule has 1 aromatic carbocycles. The van der Waals surface area contributed by atoms with Crippen molar-refractivity contribution < 1.29 is 10.1 Å². The Morgan fingerprint density at radius 2 is 2.14 bits per heavy atom. The molecule has 0 amide bonds. The highest BCUT2D eigenvalue weighted by Gasteiger charge is 2.39. The van der Waals surface area contributed by atoms with Crippen molar-refractivity contribution in [2.24, 2.45) is 0 Å². The van der Waals surface area contributed by atoms with Gasteiger partial charge in [-0.15, -0.1) is 11.6 Å². The quantitative estimate of drug-likeness (QED) is 0.709. The minimum Gasteiger partial charge on any atom is -0.333 e. The van der Waals surface area contributed by atoms with Crippen LogP contribution in [0.25, 0.3) is 0 Å². The number of hydrogen-bond donors (Lipinski definition) is 2. The van der Waals surface area contributed by atoms with Gasteiger partial charge in [0.2, 0.25) is 5.04 Å². The first-order valence-electron chi connectivity index (χ1n) is 4.35. The zero-order valence-electron chi connectivity index (χ0n) is 7.53. The van der Waals surface area contributed by atoms with E-state index in [0.29, 0.717) is 5.75 Å². The van der Waals surface area contributed by atoms with Gasteiger partial charge in [0.1, 0.15) is 5.88 Å². The number of nitrogens with one attached hydrogen (secondary N) is 1. The third-order valence-corrected chi connectivity index (χ3v) is 3.75. The summed E-state index contributed by atoms with van der Waals surface area (Å²) < 4.78 is 0. The van der Waals surface area contributed by atoms with Gasteiger partial charge >= 0.3 is 0 Å². The molecule has 1 unspecified atom stereocenters. The minimum absolute atomic E-state index is 0.205. The molecule has 2 nitrogen and oxygen atoms in total. The SMILES string of the molecule is OC1(CCl)CSC(c2ccccc2)=[NH+]1. The Morgan fingerprint density at radius 3 is 2.71 bits per heavy atom. The van der Waals surface area contributed by atoms with Gasteiger partial charge in [-0.05, 0) is 23.9 Å². The molecule has 2 rings (SSSR count). The highest BCUT2D eigenvalue weighted by atomic mass is 35.5. The Labute approximate surface area is 92.0 Å². The van der Waals surface area contributed by atoms with Gasteiger partial charge in [0, 0.05) is 0 Å². The monoisotopic (exact) mass is 228 g/mol. The first-order chi connectivity index (χ1) is 6.73. The average molecular weight is 229 g/mol. The summed E-state index contributed by atoms with van der Waals surface area (Å²) in [5, 5.41) is 10.8. The Hall–Kier alpha value is -0.510. The van der Waals surface area contributed by atoms with Gasteiger partial charge < -0.3 is 5.11 Å². The van der Waals surface area contributed by atoms with Crippen LogP contribution in [0.1, 0.15) is 5.56 Å². The first-order valence-corrected chi connectivity index (χ1v) is 5.87. The van der Waals surface area contributed by atoms with Crippen molar-refractivity contribution in [3.8, 4) is 0 Å². The fraction of sp³-hybridized carbons (Fsp3) is 0.300. The number of alkyl halides is 1. The van der Waals surface area contributed by atoms with E-state index in [1.807, 2.05) is 30.3 Å². The van der Waals surface area contributed by atoms with Crippen molar-refractivity contribution in [3.63, 3.8) is 0 Å². The van der Waals surface area contributed by atoms with Gasteiger partial charge in [0.15, 0.2) is 0 Å². The van der Waals surface area contributed by atoms with Crippen LogP contribution < -0.4 is 4.99 Å². The van der Waals surface area contributed by atoms with E-state index in [1.54, 1.807) is 11.8 Å². The molecule has 1 aromatic rings. The van der Waals surface area contributed by atoms with E-state index in [4.69, 9.17) is 11.6 Å². The molecule has 1 aliphatic heterocycles. The van der Waals surface area contributed by atoms with E-state index < -0.39 is 5.72 Å². The molecule has 1 atom stereocenters. The Kier molecular flexibility index (Phi) is 2.81. The van der Waals surface area contributed by atoms with Crippen LogP contribution in [0.4, 0.5) is 0 Å². The van der Waals surface area contributed by atoms with Crippen LogP contribution in [0.5, 0.6) is 0 Å². The van der Waals surface area contributed by atoms with Gasteiger partial charge in [-0.2, -0.15) is 0 Å². The maximum Gasteiger partial charge on any atom is 0.287 e. The van der Waals surface area contributed by atoms with Crippen molar-refractivity contribution in [2.75, 3.05) is 11.6 Å². The lowest BCUT2D eigenvalue weighted by atomic mass is 10.2. The normalized spacial score (nSPS) is 26.3. The fourth-order valence-corrected chi connectivity index (χ4v) is 2.69. The van der Waals surface area contributed by atoms with Gasteiger partial charge in [-0.25, -0.2) is 4.99 Å². The lowest BCUT2D eigenvalue weighted by Crippen LogP contribution is -2.86. The minimum atomic E-state index is -0.947. The zero-order chi connectivity index (χ0) is 10.0. The predicted octanol–water partition coefficient (Wildman–Crippen LogP) is 0.188. The Balaban J connectivity index is 2.27. The standard InChI is InChI=1S/C10H10ClNOS/c11-6-10(13)7-14-9(12-10)8-4-2-1-3-5-8/h1-5,13H,6-7H2/p+1. The lowest BCUT2D eigenvalue weighted by Gasteiger charge is -2.05. The molecular weight excluding hydrogens is 218 g/mol.